The third-order valence-corrected chi connectivity index (χ3v) is 3.87. The van der Waals surface area contributed by atoms with Crippen molar-refractivity contribution in [3.63, 3.8) is 0 Å². The van der Waals surface area contributed by atoms with E-state index in [2.05, 4.69) is 9.47 Å². The van der Waals surface area contributed by atoms with Gasteiger partial charge in [-0.1, -0.05) is 12.2 Å². The topological polar surface area (TPSA) is 107 Å². The molecule has 10 heteroatoms. The quantitative estimate of drug-likeness (QED) is 0.451. The highest BCUT2D eigenvalue weighted by atomic mass is 32.2. The molecule has 0 saturated carbocycles. The number of hydrogen-bond donors (Lipinski definition) is 1. The Hall–Kier alpha value is -1.55. The molecule has 0 bridgehead atoms. The van der Waals surface area contributed by atoms with Gasteiger partial charge in [-0.3, -0.25) is 14.1 Å². The van der Waals surface area contributed by atoms with E-state index in [0.29, 0.717) is 0 Å². The van der Waals surface area contributed by atoms with Crippen LogP contribution >= 0.6 is 0 Å². The molecule has 7 nitrogen and oxygen atoms in total. The fourth-order valence-electron chi connectivity index (χ4n) is 1.82. The zero-order chi connectivity index (χ0) is 16.3. The Balaban J connectivity index is 2.74. The second-order valence-corrected chi connectivity index (χ2v) is 5.95. The van der Waals surface area contributed by atoms with E-state index in [-0.39, 0.29) is 12.8 Å². The van der Waals surface area contributed by atoms with Crippen molar-refractivity contribution in [2.75, 3.05) is 13.7 Å². The summed E-state index contributed by atoms with van der Waals surface area (Å²) in [6, 6.07) is 0. The van der Waals surface area contributed by atoms with Gasteiger partial charge in [0.2, 0.25) is 0 Å². The lowest BCUT2D eigenvalue weighted by Gasteiger charge is -2.25. The highest BCUT2D eigenvalue weighted by Crippen LogP contribution is 2.29. The van der Waals surface area contributed by atoms with Gasteiger partial charge in [-0.15, -0.1) is 0 Å². The van der Waals surface area contributed by atoms with Crippen LogP contribution in [0.15, 0.2) is 12.2 Å². The minimum Gasteiger partial charge on any atom is -0.469 e. The van der Waals surface area contributed by atoms with E-state index in [9.17, 15) is 26.8 Å². The van der Waals surface area contributed by atoms with Gasteiger partial charge >= 0.3 is 27.3 Å². The summed E-state index contributed by atoms with van der Waals surface area (Å²) < 4.78 is 63.7. The van der Waals surface area contributed by atoms with E-state index in [0.717, 1.165) is 7.11 Å². The molecule has 0 amide bonds. The number of alkyl halides is 2. The molecule has 0 spiro atoms. The third kappa shape index (κ3) is 4.21. The van der Waals surface area contributed by atoms with Gasteiger partial charge in [-0.05, 0) is 12.8 Å². The van der Waals surface area contributed by atoms with Crippen LogP contribution < -0.4 is 0 Å². The molecule has 0 aliphatic heterocycles. The van der Waals surface area contributed by atoms with Crippen molar-refractivity contribution >= 4 is 22.1 Å². The molecule has 0 aromatic rings. The largest absolute Gasteiger partial charge is 0.469 e. The van der Waals surface area contributed by atoms with Gasteiger partial charge in [-0.2, -0.15) is 17.2 Å². The number of methoxy groups -OCH3 is 1. The van der Waals surface area contributed by atoms with Gasteiger partial charge in [0, 0.05) is 0 Å². The predicted molar refractivity (Wildman–Crippen MR) is 64.8 cm³/mol. The highest BCUT2D eigenvalue weighted by molar-refractivity contribution is 7.86. The van der Waals surface area contributed by atoms with E-state index >= 15 is 0 Å². The Morgan fingerprint density at radius 2 is 1.71 bits per heavy atom. The summed E-state index contributed by atoms with van der Waals surface area (Å²) in [5, 5.41) is -4.60. The highest BCUT2D eigenvalue weighted by Gasteiger charge is 2.46. The number of carbonyl (C=O) groups is 2. The Bertz CT molecular complexity index is 541. The molecule has 0 saturated heterocycles. The number of rotatable bonds is 5. The maximum atomic E-state index is 13.0. The van der Waals surface area contributed by atoms with Gasteiger partial charge < -0.3 is 9.47 Å². The molecule has 1 N–H and O–H groups in total. The van der Waals surface area contributed by atoms with E-state index in [1.165, 1.54) is 0 Å². The number of hydrogen-bond acceptors (Lipinski definition) is 6. The zero-order valence-corrected chi connectivity index (χ0v) is 11.8. The summed E-state index contributed by atoms with van der Waals surface area (Å²) >= 11 is 0. The smallest absolute Gasteiger partial charge is 0.402 e. The van der Waals surface area contributed by atoms with Crippen molar-refractivity contribution in [1.82, 2.24) is 0 Å². The molecule has 0 fully saturated rings. The van der Waals surface area contributed by atoms with Crippen LogP contribution in [0.4, 0.5) is 8.78 Å². The number of ether oxygens (including phenoxy) is 2. The fourth-order valence-corrected chi connectivity index (χ4v) is 2.03. The molecule has 1 rings (SSSR count). The van der Waals surface area contributed by atoms with E-state index in [4.69, 9.17) is 4.55 Å². The van der Waals surface area contributed by atoms with Crippen LogP contribution in [-0.4, -0.2) is 43.9 Å². The van der Waals surface area contributed by atoms with Crippen molar-refractivity contribution in [3.05, 3.63) is 12.2 Å². The summed E-state index contributed by atoms with van der Waals surface area (Å²) in [4.78, 5) is 23.2. The molecule has 1 aliphatic rings. The lowest BCUT2D eigenvalue weighted by Crippen LogP contribution is -2.38. The SMILES string of the molecule is COC(=O)C1CC=CCC1C(=O)OCC(F)(F)S(=O)(=O)O. The predicted octanol–water partition coefficient (Wildman–Crippen LogP) is 0.766. The van der Waals surface area contributed by atoms with Crippen LogP contribution in [0.25, 0.3) is 0 Å². The Morgan fingerprint density at radius 1 is 1.24 bits per heavy atom. The van der Waals surface area contributed by atoms with Gasteiger partial charge in [0.15, 0.2) is 6.61 Å². The van der Waals surface area contributed by atoms with Crippen LogP contribution in [0.5, 0.6) is 0 Å². The summed E-state index contributed by atoms with van der Waals surface area (Å²) in [5.41, 5.74) is 0. The minimum atomic E-state index is -5.68. The molecule has 2 atom stereocenters. The molecule has 0 radical (unpaired) electrons. The maximum Gasteiger partial charge on any atom is 0.402 e. The molecule has 0 aromatic carbocycles. The molecular weight excluding hydrogens is 314 g/mol. The fraction of sp³-hybridized carbons (Fsp3) is 0.636. The van der Waals surface area contributed by atoms with Crippen molar-refractivity contribution in [3.8, 4) is 0 Å². The summed E-state index contributed by atoms with van der Waals surface area (Å²) in [7, 11) is -4.56. The summed E-state index contributed by atoms with van der Waals surface area (Å²) in [6.45, 7) is -1.82. The first-order chi connectivity index (χ1) is 9.60. The second kappa shape index (κ2) is 6.48. The maximum absolute atomic E-state index is 13.0. The molecule has 0 aromatic heterocycles. The van der Waals surface area contributed by atoms with Gasteiger partial charge in [0.05, 0.1) is 18.9 Å². The molecular formula is C11H14F2O7S. The average molecular weight is 328 g/mol. The first-order valence-electron chi connectivity index (χ1n) is 5.84. The first kappa shape index (κ1) is 17.5. The summed E-state index contributed by atoms with van der Waals surface area (Å²) in [6.07, 6.45) is 3.47. The van der Waals surface area contributed by atoms with Crippen molar-refractivity contribution in [2.45, 2.75) is 18.1 Å². The summed E-state index contributed by atoms with van der Waals surface area (Å²) in [5.74, 6) is -3.77. The molecule has 2 unspecified atom stereocenters. The van der Waals surface area contributed by atoms with Crippen LogP contribution in [0.3, 0.4) is 0 Å². The number of allylic oxidation sites excluding steroid dienone is 2. The standard InChI is InChI=1S/C11H14F2O7S/c1-19-9(14)7-4-2-3-5-8(7)10(15)20-6-11(12,13)21(16,17)18/h2-3,7-8H,4-6H2,1H3,(H,16,17,18). The molecule has 120 valence electrons. The average Bonchev–Trinajstić information content (AvgIpc) is 2.42. The van der Waals surface area contributed by atoms with Gasteiger partial charge in [-0.25, -0.2) is 0 Å². The van der Waals surface area contributed by atoms with E-state index < -0.39 is 45.8 Å². The van der Waals surface area contributed by atoms with Crippen molar-refractivity contribution in [1.29, 1.82) is 0 Å². The first-order valence-corrected chi connectivity index (χ1v) is 7.28. The van der Waals surface area contributed by atoms with Gasteiger partial charge in [0.1, 0.15) is 0 Å². The Kier molecular flexibility index (Phi) is 5.40. The van der Waals surface area contributed by atoms with Crippen molar-refractivity contribution < 1.29 is 40.8 Å². The van der Waals surface area contributed by atoms with E-state index in [1.807, 2.05) is 0 Å². The normalized spacial score (nSPS) is 22.7. The molecule has 21 heavy (non-hydrogen) atoms. The molecule has 1 aliphatic carbocycles. The molecule has 0 heterocycles. The van der Waals surface area contributed by atoms with Crippen LogP contribution in [0.1, 0.15) is 12.8 Å². The number of esters is 2. The number of carbonyl (C=O) groups excluding carboxylic acids is 2. The van der Waals surface area contributed by atoms with Gasteiger partial charge in [0.25, 0.3) is 0 Å². The second-order valence-electron chi connectivity index (χ2n) is 4.40. The van der Waals surface area contributed by atoms with Crippen LogP contribution in [0, 0.1) is 11.8 Å². The van der Waals surface area contributed by atoms with E-state index in [1.54, 1.807) is 12.2 Å². The van der Waals surface area contributed by atoms with Crippen LogP contribution in [-0.2, 0) is 29.2 Å². The zero-order valence-electron chi connectivity index (χ0n) is 11.0. The third-order valence-electron chi connectivity index (χ3n) is 3.00. The lowest BCUT2D eigenvalue weighted by atomic mass is 9.83. The minimum absolute atomic E-state index is 0.0794. The van der Waals surface area contributed by atoms with Crippen LogP contribution in [0.2, 0.25) is 0 Å². The monoisotopic (exact) mass is 328 g/mol. The Labute approximate surface area is 119 Å². The lowest BCUT2D eigenvalue weighted by molar-refractivity contribution is -0.163. The number of halogens is 2. The Morgan fingerprint density at radius 3 is 2.14 bits per heavy atom. The van der Waals surface area contributed by atoms with Crippen molar-refractivity contribution in [2.24, 2.45) is 11.8 Å².